The standard InChI is InChI=1S/C18H10F3NO/c19-18(20,21)14-8-4-3-7-13(14)17-22-15-10-9-11-5-1-2-6-12(11)16(15)23-17/h1-10H. The minimum atomic E-state index is -4.46. The first kappa shape index (κ1) is 13.8. The molecule has 2 nitrogen and oxygen atoms in total. The van der Waals surface area contributed by atoms with Crippen LogP contribution in [0.2, 0.25) is 0 Å². The number of benzene rings is 3. The molecule has 0 aliphatic rings. The van der Waals surface area contributed by atoms with Crippen molar-refractivity contribution < 1.29 is 17.6 Å². The Morgan fingerprint density at radius 2 is 1.57 bits per heavy atom. The molecule has 0 amide bonds. The van der Waals surface area contributed by atoms with Gasteiger partial charge in [0.15, 0.2) is 5.58 Å². The summed E-state index contributed by atoms with van der Waals surface area (Å²) in [6.45, 7) is 0. The monoisotopic (exact) mass is 313 g/mol. The smallest absolute Gasteiger partial charge is 0.417 e. The summed E-state index contributed by atoms with van der Waals surface area (Å²) in [6.07, 6.45) is -4.46. The van der Waals surface area contributed by atoms with E-state index in [-0.39, 0.29) is 11.5 Å². The van der Waals surface area contributed by atoms with Crippen molar-refractivity contribution in [2.24, 2.45) is 0 Å². The largest absolute Gasteiger partial charge is 0.435 e. The SMILES string of the molecule is FC(F)(F)c1ccccc1-c1nc2ccc3ccccc3c2o1. The highest BCUT2D eigenvalue weighted by Crippen LogP contribution is 2.38. The molecule has 114 valence electrons. The van der Waals surface area contributed by atoms with Gasteiger partial charge in [0.2, 0.25) is 5.89 Å². The van der Waals surface area contributed by atoms with Crippen molar-refractivity contribution in [1.82, 2.24) is 4.98 Å². The first-order valence-corrected chi connectivity index (χ1v) is 6.99. The molecule has 0 aliphatic carbocycles. The van der Waals surface area contributed by atoms with Gasteiger partial charge in [0.1, 0.15) is 5.52 Å². The van der Waals surface area contributed by atoms with Gasteiger partial charge in [-0.3, -0.25) is 0 Å². The molecule has 5 heteroatoms. The molecule has 23 heavy (non-hydrogen) atoms. The van der Waals surface area contributed by atoms with Crippen LogP contribution in [-0.2, 0) is 6.18 Å². The van der Waals surface area contributed by atoms with E-state index in [1.165, 1.54) is 18.2 Å². The average Bonchev–Trinajstić information content (AvgIpc) is 2.98. The molecule has 0 radical (unpaired) electrons. The van der Waals surface area contributed by atoms with Crippen LogP contribution in [0.1, 0.15) is 5.56 Å². The molecule has 4 rings (SSSR count). The van der Waals surface area contributed by atoms with Crippen molar-refractivity contribution in [2.75, 3.05) is 0 Å². The predicted molar refractivity (Wildman–Crippen MR) is 82.0 cm³/mol. The lowest BCUT2D eigenvalue weighted by Crippen LogP contribution is -2.06. The van der Waals surface area contributed by atoms with Crippen molar-refractivity contribution in [3.05, 3.63) is 66.2 Å². The molecule has 0 N–H and O–H groups in total. The van der Waals surface area contributed by atoms with E-state index in [1.54, 1.807) is 6.07 Å². The molecule has 1 heterocycles. The number of rotatable bonds is 1. The molecule has 0 fully saturated rings. The van der Waals surface area contributed by atoms with Crippen LogP contribution in [0.15, 0.2) is 65.1 Å². The van der Waals surface area contributed by atoms with E-state index < -0.39 is 11.7 Å². The lowest BCUT2D eigenvalue weighted by Gasteiger charge is -2.09. The summed E-state index contributed by atoms with van der Waals surface area (Å²) in [5, 5.41) is 1.78. The number of oxazole rings is 1. The van der Waals surface area contributed by atoms with E-state index in [2.05, 4.69) is 4.98 Å². The van der Waals surface area contributed by atoms with Gasteiger partial charge >= 0.3 is 6.18 Å². The maximum Gasteiger partial charge on any atom is 0.417 e. The number of aromatic nitrogens is 1. The van der Waals surface area contributed by atoms with Gasteiger partial charge in [-0.05, 0) is 23.6 Å². The molecule has 3 aromatic carbocycles. The number of halogens is 3. The fourth-order valence-electron chi connectivity index (χ4n) is 2.69. The Balaban J connectivity index is 2.00. The van der Waals surface area contributed by atoms with Gasteiger partial charge in [-0.1, -0.05) is 42.5 Å². The second-order valence-corrected chi connectivity index (χ2v) is 5.20. The second kappa shape index (κ2) is 4.84. The maximum atomic E-state index is 13.2. The van der Waals surface area contributed by atoms with Crippen LogP contribution < -0.4 is 0 Å². The van der Waals surface area contributed by atoms with Crippen LogP contribution >= 0.6 is 0 Å². The summed E-state index contributed by atoms with van der Waals surface area (Å²) >= 11 is 0. The fourth-order valence-corrected chi connectivity index (χ4v) is 2.69. The third-order valence-corrected chi connectivity index (χ3v) is 3.74. The van der Waals surface area contributed by atoms with Crippen LogP contribution in [0.3, 0.4) is 0 Å². The summed E-state index contributed by atoms with van der Waals surface area (Å²) < 4.78 is 45.2. The van der Waals surface area contributed by atoms with Gasteiger partial charge < -0.3 is 4.42 Å². The van der Waals surface area contributed by atoms with Gasteiger partial charge in [-0.25, -0.2) is 4.98 Å². The van der Waals surface area contributed by atoms with Crippen LogP contribution in [0.4, 0.5) is 13.2 Å². The van der Waals surface area contributed by atoms with E-state index in [9.17, 15) is 13.2 Å². The van der Waals surface area contributed by atoms with Crippen molar-refractivity contribution in [1.29, 1.82) is 0 Å². The molecule has 0 saturated heterocycles. The highest BCUT2D eigenvalue weighted by atomic mass is 19.4. The third kappa shape index (κ3) is 2.25. The summed E-state index contributed by atoms with van der Waals surface area (Å²) in [6, 6.07) is 16.4. The average molecular weight is 313 g/mol. The Labute approximate surface area is 129 Å². The fraction of sp³-hybridized carbons (Fsp3) is 0.0556. The molecule has 0 saturated carbocycles. The molecular formula is C18H10F3NO. The second-order valence-electron chi connectivity index (χ2n) is 5.20. The Kier molecular flexibility index (Phi) is 2.91. The zero-order valence-corrected chi connectivity index (χ0v) is 11.8. The summed E-state index contributed by atoms with van der Waals surface area (Å²) in [4.78, 5) is 4.24. The molecule has 0 atom stereocenters. The Hall–Kier alpha value is -2.82. The third-order valence-electron chi connectivity index (χ3n) is 3.74. The first-order valence-electron chi connectivity index (χ1n) is 6.99. The summed E-state index contributed by atoms with van der Waals surface area (Å²) in [7, 11) is 0. The van der Waals surface area contributed by atoms with Crippen molar-refractivity contribution in [3.8, 4) is 11.5 Å². The van der Waals surface area contributed by atoms with E-state index in [1.807, 2.05) is 30.3 Å². The molecule has 4 aromatic rings. The zero-order chi connectivity index (χ0) is 16.0. The van der Waals surface area contributed by atoms with Crippen molar-refractivity contribution in [2.45, 2.75) is 6.18 Å². The molecule has 0 spiro atoms. The molecule has 0 aliphatic heterocycles. The van der Waals surface area contributed by atoms with Crippen LogP contribution in [-0.4, -0.2) is 4.98 Å². The maximum absolute atomic E-state index is 13.2. The normalized spacial score (nSPS) is 12.1. The Morgan fingerprint density at radius 3 is 2.39 bits per heavy atom. The Bertz CT molecular complexity index is 1020. The van der Waals surface area contributed by atoms with Gasteiger partial charge in [-0.15, -0.1) is 0 Å². The highest BCUT2D eigenvalue weighted by Gasteiger charge is 2.34. The number of nitrogens with zero attached hydrogens (tertiary/aromatic N) is 1. The lowest BCUT2D eigenvalue weighted by molar-refractivity contribution is -0.137. The summed E-state index contributed by atoms with van der Waals surface area (Å²) in [5.74, 6) is -0.0238. The topological polar surface area (TPSA) is 26.0 Å². The summed E-state index contributed by atoms with van der Waals surface area (Å²) in [5.41, 5.74) is 0.224. The van der Waals surface area contributed by atoms with E-state index in [0.29, 0.717) is 11.1 Å². The highest BCUT2D eigenvalue weighted by molar-refractivity contribution is 6.03. The number of hydrogen-bond acceptors (Lipinski definition) is 2. The number of hydrogen-bond donors (Lipinski definition) is 0. The quantitative estimate of drug-likeness (QED) is 0.453. The predicted octanol–water partition coefficient (Wildman–Crippen LogP) is 5.67. The number of fused-ring (bicyclic) bond motifs is 3. The van der Waals surface area contributed by atoms with E-state index >= 15 is 0 Å². The van der Waals surface area contributed by atoms with E-state index in [4.69, 9.17) is 4.42 Å². The van der Waals surface area contributed by atoms with Gasteiger partial charge in [-0.2, -0.15) is 13.2 Å². The molecule has 1 aromatic heterocycles. The number of alkyl halides is 3. The van der Waals surface area contributed by atoms with Crippen LogP contribution in [0.5, 0.6) is 0 Å². The van der Waals surface area contributed by atoms with E-state index in [0.717, 1.165) is 16.8 Å². The lowest BCUT2D eigenvalue weighted by atomic mass is 10.1. The minimum Gasteiger partial charge on any atom is -0.435 e. The minimum absolute atomic E-state index is 0.0238. The van der Waals surface area contributed by atoms with Crippen molar-refractivity contribution in [3.63, 3.8) is 0 Å². The van der Waals surface area contributed by atoms with Gasteiger partial charge in [0, 0.05) is 10.9 Å². The van der Waals surface area contributed by atoms with Crippen molar-refractivity contribution >= 4 is 21.9 Å². The molecular weight excluding hydrogens is 303 g/mol. The van der Waals surface area contributed by atoms with Crippen LogP contribution in [0.25, 0.3) is 33.3 Å². The first-order chi connectivity index (χ1) is 11.0. The molecule has 0 unspecified atom stereocenters. The molecule has 0 bridgehead atoms. The zero-order valence-electron chi connectivity index (χ0n) is 11.8. The Morgan fingerprint density at radius 1 is 0.826 bits per heavy atom. The van der Waals surface area contributed by atoms with Gasteiger partial charge in [0.25, 0.3) is 0 Å². The van der Waals surface area contributed by atoms with Crippen LogP contribution in [0, 0.1) is 0 Å². The van der Waals surface area contributed by atoms with Gasteiger partial charge in [0.05, 0.1) is 5.56 Å².